The molecule has 3 aromatic carbocycles. The van der Waals surface area contributed by atoms with Crippen LogP contribution >= 0.6 is 0 Å². The van der Waals surface area contributed by atoms with E-state index < -0.39 is 17.8 Å². The van der Waals surface area contributed by atoms with Crippen LogP contribution in [0, 0.1) is 0 Å². The summed E-state index contributed by atoms with van der Waals surface area (Å²) in [6.07, 6.45) is 1.39. The lowest BCUT2D eigenvalue weighted by Crippen LogP contribution is -2.34. The standard InChI is InChI=1S/C26H25N3O7/c1-33-20-12-10-19(14-23(20)35-3)25(31)27-16-24(30)29-28-15-17-9-11-21(22(13-17)34-2)36-26(32)18-7-5-4-6-8-18/h4-15H,16H2,1-3H3,(H,27,31)(H,29,30)/b28-15-. The van der Waals surface area contributed by atoms with Crippen LogP contribution in [0.4, 0.5) is 0 Å². The average Bonchev–Trinajstić information content (AvgIpc) is 2.92. The van der Waals surface area contributed by atoms with Gasteiger partial charge in [0.05, 0.1) is 39.7 Å². The first-order chi connectivity index (χ1) is 17.4. The Morgan fingerprint density at radius 3 is 2.14 bits per heavy atom. The molecule has 2 amide bonds. The first-order valence-electron chi connectivity index (χ1n) is 10.7. The zero-order valence-electron chi connectivity index (χ0n) is 19.9. The lowest BCUT2D eigenvalue weighted by atomic mass is 10.2. The molecule has 0 aromatic heterocycles. The molecular formula is C26H25N3O7. The number of nitrogens with zero attached hydrogens (tertiary/aromatic N) is 1. The van der Waals surface area contributed by atoms with Gasteiger partial charge in [0.25, 0.3) is 11.8 Å². The minimum absolute atomic E-state index is 0.241. The van der Waals surface area contributed by atoms with Crippen LogP contribution in [0.5, 0.6) is 23.0 Å². The quantitative estimate of drug-likeness (QED) is 0.193. The molecule has 36 heavy (non-hydrogen) atoms. The Hall–Kier alpha value is -4.86. The summed E-state index contributed by atoms with van der Waals surface area (Å²) in [4.78, 5) is 36.6. The van der Waals surface area contributed by atoms with Gasteiger partial charge < -0.3 is 24.3 Å². The number of amides is 2. The molecule has 0 aliphatic heterocycles. The number of ether oxygens (including phenoxy) is 4. The molecule has 0 atom stereocenters. The Bertz CT molecular complexity index is 1260. The third-order valence-electron chi connectivity index (χ3n) is 4.86. The Kier molecular flexibility index (Phi) is 8.99. The molecule has 186 valence electrons. The Morgan fingerprint density at radius 2 is 1.44 bits per heavy atom. The summed E-state index contributed by atoms with van der Waals surface area (Å²) in [5.74, 6) is -0.0589. The highest BCUT2D eigenvalue weighted by Gasteiger charge is 2.13. The fourth-order valence-electron chi connectivity index (χ4n) is 3.04. The van der Waals surface area contributed by atoms with E-state index in [1.165, 1.54) is 33.6 Å². The molecule has 3 aromatic rings. The minimum atomic E-state index is -0.527. The zero-order chi connectivity index (χ0) is 25.9. The summed E-state index contributed by atoms with van der Waals surface area (Å²) in [5, 5.41) is 6.38. The molecule has 3 rings (SSSR count). The third-order valence-corrected chi connectivity index (χ3v) is 4.86. The van der Waals surface area contributed by atoms with Crippen LogP contribution in [-0.4, -0.2) is 51.9 Å². The molecule has 2 N–H and O–H groups in total. The van der Waals surface area contributed by atoms with Gasteiger partial charge >= 0.3 is 5.97 Å². The van der Waals surface area contributed by atoms with E-state index in [2.05, 4.69) is 15.8 Å². The van der Waals surface area contributed by atoms with Crippen molar-refractivity contribution < 1.29 is 33.3 Å². The predicted octanol–water partition coefficient (Wildman–Crippen LogP) is 2.81. The molecule has 0 spiro atoms. The molecule has 0 saturated heterocycles. The maximum Gasteiger partial charge on any atom is 0.343 e. The molecule has 0 fully saturated rings. The molecule has 0 saturated carbocycles. The van der Waals surface area contributed by atoms with Gasteiger partial charge in [-0.25, -0.2) is 10.2 Å². The number of hydrazone groups is 1. The van der Waals surface area contributed by atoms with Crippen LogP contribution in [0.2, 0.25) is 0 Å². The third kappa shape index (κ3) is 6.83. The number of nitrogens with one attached hydrogen (secondary N) is 2. The molecule has 10 heteroatoms. The van der Waals surface area contributed by atoms with Crippen LogP contribution in [0.15, 0.2) is 71.8 Å². The first-order valence-corrected chi connectivity index (χ1v) is 10.7. The second-order valence-electron chi connectivity index (χ2n) is 7.21. The van der Waals surface area contributed by atoms with Gasteiger partial charge in [-0.15, -0.1) is 0 Å². The van der Waals surface area contributed by atoms with E-state index in [1.807, 2.05) is 0 Å². The molecule has 0 aliphatic carbocycles. The van der Waals surface area contributed by atoms with Gasteiger partial charge in [0.1, 0.15) is 0 Å². The molecule has 0 aliphatic rings. The van der Waals surface area contributed by atoms with Crippen molar-refractivity contribution in [2.75, 3.05) is 27.9 Å². The van der Waals surface area contributed by atoms with E-state index in [0.29, 0.717) is 33.9 Å². The van der Waals surface area contributed by atoms with Crippen LogP contribution in [0.3, 0.4) is 0 Å². The fourth-order valence-corrected chi connectivity index (χ4v) is 3.04. The van der Waals surface area contributed by atoms with E-state index in [-0.39, 0.29) is 12.3 Å². The molecule has 10 nitrogen and oxygen atoms in total. The van der Waals surface area contributed by atoms with E-state index >= 15 is 0 Å². The summed E-state index contributed by atoms with van der Waals surface area (Å²) in [6.45, 7) is -0.289. The second-order valence-corrected chi connectivity index (χ2v) is 7.21. The summed E-state index contributed by atoms with van der Waals surface area (Å²) in [7, 11) is 4.40. The normalized spacial score (nSPS) is 10.4. The van der Waals surface area contributed by atoms with Crippen molar-refractivity contribution in [3.05, 3.63) is 83.4 Å². The van der Waals surface area contributed by atoms with Gasteiger partial charge in [-0.05, 0) is 54.1 Å². The van der Waals surface area contributed by atoms with Crippen molar-refractivity contribution in [1.29, 1.82) is 0 Å². The van der Waals surface area contributed by atoms with Crippen molar-refractivity contribution in [3.8, 4) is 23.0 Å². The zero-order valence-corrected chi connectivity index (χ0v) is 19.9. The van der Waals surface area contributed by atoms with Crippen LogP contribution in [-0.2, 0) is 4.79 Å². The number of rotatable bonds is 10. The molecule has 0 radical (unpaired) electrons. The molecule has 0 unspecified atom stereocenters. The summed E-state index contributed by atoms with van der Waals surface area (Å²) < 4.78 is 21.0. The van der Waals surface area contributed by atoms with Crippen molar-refractivity contribution in [2.45, 2.75) is 0 Å². The van der Waals surface area contributed by atoms with Crippen molar-refractivity contribution >= 4 is 24.0 Å². The Balaban J connectivity index is 1.53. The Labute approximate surface area is 207 Å². The lowest BCUT2D eigenvalue weighted by Gasteiger charge is -2.10. The van der Waals surface area contributed by atoms with Gasteiger partial charge in [-0.1, -0.05) is 18.2 Å². The summed E-state index contributed by atoms with van der Waals surface area (Å²) in [6, 6.07) is 18.0. The van der Waals surface area contributed by atoms with Gasteiger partial charge in [0, 0.05) is 5.56 Å². The minimum Gasteiger partial charge on any atom is -0.493 e. The van der Waals surface area contributed by atoms with E-state index in [4.69, 9.17) is 18.9 Å². The smallest absolute Gasteiger partial charge is 0.343 e. The van der Waals surface area contributed by atoms with Crippen molar-refractivity contribution in [2.24, 2.45) is 5.10 Å². The number of esters is 1. The van der Waals surface area contributed by atoms with Gasteiger partial charge in [0.15, 0.2) is 23.0 Å². The van der Waals surface area contributed by atoms with Gasteiger partial charge in [-0.3, -0.25) is 9.59 Å². The number of carbonyl (C=O) groups is 3. The topological polar surface area (TPSA) is 125 Å². The fraction of sp³-hybridized carbons (Fsp3) is 0.154. The van der Waals surface area contributed by atoms with Crippen LogP contribution in [0.1, 0.15) is 26.3 Å². The number of carbonyl (C=O) groups excluding carboxylic acids is 3. The maximum absolute atomic E-state index is 12.3. The average molecular weight is 492 g/mol. The SMILES string of the molecule is COc1ccc(C(=O)NCC(=O)N/N=C\c2ccc(OC(=O)c3ccccc3)c(OC)c2)cc1OC. The second kappa shape index (κ2) is 12.6. The number of methoxy groups -OCH3 is 3. The highest BCUT2D eigenvalue weighted by Crippen LogP contribution is 2.29. The summed E-state index contributed by atoms with van der Waals surface area (Å²) >= 11 is 0. The highest BCUT2D eigenvalue weighted by atomic mass is 16.6. The largest absolute Gasteiger partial charge is 0.493 e. The molecule has 0 bridgehead atoms. The van der Waals surface area contributed by atoms with Crippen molar-refractivity contribution in [1.82, 2.24) is 10.7 Å². The lowest BCUT2D eigenvalue weighted by molar-refractivity contribution is -0.120. The van der Waals surface area contributed by atoms with Crippen LogP contribution < -0.4 is 29.7 Å². The van der Waals surface area contributed by atoms with Gasteiger partial charge in [-0.2, -0.15) is 5.10 Å². The molecular weight excluding hydrogens is 466 g/mol. The van der Waals surface area contributed by atoms with E-state index in [9.17, 15) is 14.4 Å². The molecule has 0 heterocycles. The van der Waals surface area contributed by atoms with Crippen molar-refractivity contribution in [3.63, 3.8) is 0 Å². The van der Waals surface area contributed by atoms with E-state index in [1.54, 1.807) is 60.7 Å². The first kappa shape index (κ1) is 25.8. The maximum atomic E-state index is 12.3. The Morgan fingerprint density at radius 1 is 0.778 bits per heavy atom. The predicted molar refractivity (Wildman–Crippen MR) is 132 cm³/mol. The number of hydrogen-bond donors (Lipinski definition) is 2. The number of benzene rings is 3. The monoisotopic (exact) mass is 491 g/mol. The summed E-state index contributed by atoms with van der Waals surface area (Å²) in [5.41, 5.74) is 3.63. The number of hydrogen-bond acceptors (Lipinski definition) is 8. The van der Waals surface area contributed by atoms with Crippen LogP contribution in [0.25, 0.3) is 0 Å². The highest BCUT2D eigenvalue weighted by molar-refractivity contribution is 5.97. The van der Waals surface area contributed by atoms with Gasteiger partial charge in [0.2, 0.25) is 0 Å². The van der Waals surface area contributed by atoms with E-state index in [0.717, 1.165) is 0 Å².